The fraction of sp³-hybridized carbons (Fsp3) is 0.450. The summed E-state index contributed by atoms with van der Waals surface area (Å²) in [6.07, 6.45) is 2.36. The van der Waals surface area contributed by atoms with Gasteiger partial charge in [-0.15, -0.1) is 0 Å². The van der Waals surface area contributed by atoms with Gasteiger partial charge in [0, 0.05) is 6.20 Å². The summed E-state index contributed by atoms with van der Waals surface area (Å²) in [5.74, 6) is -2.07. The van der Waals surface area contributed by atoms with Gasteiger partial charge in [-0.05, 0) is 29.0 Å². The van der Waals surface area contributed by atoms with Gasteiger partial charge in [0.2, 0.25) is 0 Å². The second-order valence-corrected chi connectivity index (χ2v) is 11.1. The Morgan fingerprint density at radius 1 is 1.17 bits per heavy atom. The summed E-state index contributed by atoms with van der Waals surface area (Å²) < 4.78 is 26.4. The Labute approximate surface area is 175 Å². The van der Waals surface area contributed by atoms with Crippen LogP contribution in [0.4, 0.5) is 5.82 Å². The maximum absolute atomic E-state index is 13.2. The number of Topliss-reactive ketones (excluding diaryl/α,β-unsaturated/α-hetero) is 1. The monoisotopic (exact) mass is 435 g/mol. The number of sulfone groups is 1. The number of nitrogens with one attached hydrogen (secondary N) is 1. The van der Waals surface area contributed by atoms with Crippen molar-refractivity contribution >= 4 is 27.3 Å². The van der Waals surface area contributed by atoms with E-state index in [4.69, 9.17) is 0 Å². The lowest BCUT2D eigenvalue weighted by atomic mass is 9.84. The number of carbonyl (C=O) groups is 2. The molecule has 1 aliphatic rings. The normalized spacial score (nSPS) is 20.9. The summed E-state index contributed by atoms with van der Waals surface area (Å²) in [7, 11) is -4.09. The number of allylic oxidation sites excluding steroid dienone is 3. The van der Waals surface area contributed by atoms with Crippen LogP contribution < -0.4 is 5.32 Å². The zero-order valence-electron chi connectivity index (χ0n) is 17.7. The molecule has 1 aromatic heterocycles. The van der Waals surface area contributed by atoms with Crippen LogP contribution in [-0.2, 0) is 19.4 Å². The first-order valence-corrected chi connectivity index (χ1v) is 10.7. The van der Waals surface area contributed by atoms with Crippen molar-refractivity contribution in [3.05, 3.63) is 56.8 Å². The SMILES string of the molecule is CC(C)(C)C1=CC(=C(C(=O)Nc2ccccn2)[N+](=O)[O-])C(=O)C(C(C)(C)C)S1(=O)=O. The molecule has 162 valence electrons. The molecule has 1 atom stereocenters. The highest BCUT2D eigenvalue weighted by Crippen LogP contribution is 2.43. The average Bonchev–Trinajstić information content (AvgIpc) is 2.54. The number of nitro groups is 1. The smallest absolute Gasteiger partial charge is 0.301 e. The Kier molecular flexibility index (Phi) is 6.04. The Balaban J connectivity index is 2.80. The summed E-state index contributed by atoms with van der Waals surface area (Å²) in [6.45, 7) is 9.58. The Bertz CT molecular complexity index is 1060. The Morgan fingerprint density at radius 3 is 2.20 bits per heavy atom. The lowest BCUT2D eigenvalue weighted by Gasteiger charge is -2.36. The minimum atomic E-state index is -4.09. The van der Waals surface area contributed by atoms with E-state index in [2.05, 4.69) is 10.3 Å². The molecule has 0 aromatic carbocycles. The number of aromatic nitrogens is 1. The molecule has 1 unspecified atom stereocenters. The van der Waals surface area contributed by atoms with Gasteiger partial charge in [0.1, 0.15) is 16.6 Å². The van der Waals surface area contributed by atoms with Gasteiger partial charge in [-0.2, -0.15) is 0 Å². The van der Waals surface area contributed by atoms with Crippen molar-refractivity contribution in [2.75, 3.05) is 5.32 Å². The van der Waals surface area contributed by atoms with Crippen molar-refractivity contribution in [3.63, 3.8) is 0 Å². The third-order valence-electron chi connectivity index (χ3n) is 4.48. The summed E-state index contributed by atoms with van der Waals surface area (Å²) in [6, 6.07) is 4.61. The standard InChI is InChI=1S/C20H25N3O6S/c1-19(2,3)13-11-12(16(24)17(20(4,5)6)30(13,28)29)15(23(26)27)18(25)22-14-9-7-8-10-21-14/h7-11,17H,1-6H3,(H,21,22,25). The van der Waals surface area contributed by atoms with Crippen LogP contribution in [0.2, 0.25) is 0 Å². The maximum Gasteiger partial charge on any atom is 0.344 e. The van der Waals surface area contributed by atoms with Crippen LogP contribution >= 0.6 is 0 Å². The molecule has 0 aliphatic carbocycles. The zero-order valence-corrected chi connectivity index (χ0v) is 18.5. The number of pyridine rings is 1. The highest BCUT2D eigenvalue weighted by Gasteiger charge is 2.52. The fourth-order valence-corrected chi connectivity index (χ4v) is 6.03. The molecule has 0 saturated carbocycles. The molecule has 1 aromatic rings. The van der Waals surface area contributed by atoms with Crippen molar-refractivity contribution < 1.29 is 22.9 Å². The summed E-state index contributed by atoms with van der Waals surface area (Å²) in [5, 5.41) is 12.5. The lowest BCUT2D eigenvalue weighted by Crippen LogP contribution is -2.47. The number of nitrogens with zero attached hydrogens (tertiary/aromatic N) is 2. The van der Waals surface area contributed by atoms with Gasteiger partial charge in [0.15, 0.2) is 15.6 Å². The molecule has 10 heteroatoms. The predicted octanol–water partition coefficient (Wildman–Crippen LogP) is 2.89. The summed E-state index contributed by atoms with van der Waals surface area (Å²) in [5.41, 5.74) is -3.54. The first-order valence-electron chi connectivity index (χ1n) is 9.20. The average molecular weight is 436 g/mol. The van der Waals surface area contributed by atoms with Crippen molar-refractivity contribution in [2.24, 2.45) is 10.8 Å². The molecule has 0 bridgehead atoms. The van der Waals surface area contributed by atoms with Gasteiger partial charge in [-0.25, -0.2) is 13.4 Å². The van der Waals surface area contributed by atoms with E-state index in [1.165, 1.54) is 12.3 Å². The van der Waals surface area contributed by atoms with Crippen LogP contribution in [0.3, 0.4) is 0 Å². The van der Waals surface area contributed by atoms with Crippen LogP contribution in [0.5, 0.6) is 0 Å². The topological polar surface area (TPSA) is 136 Å². The van der Waals surface area contributed by atoms with Crippen LogP contribution in [-0.4, -0.2) is 35.3 Å². The molecule has 0 fully saturated rings. The van der Waals surface area contributed by atoms with E-state index in [0.717, 1.165) is 6.08 Å². The predicted molar refractivity (Wildman–Crippen MR) is 112 cm³/mol. The number of hydrogen-bond donors (Lipinski definition) is 1. The number of amides is 1. The molecule has 1 amide bonds. The van der Waals surface area contributed by atoms with E-state index in [1.54, 1.807) is 53.7 Å². The van der Waals surface area contributed by atoms with Gasteiger partial charge in [0.25, 0.3) is 0 Å². The van der Waals surface area contributed by atoms with Crippen LogP contribution in [0, 0.1) is 20.9 Å². The molecular weight excluding hydrogens is 410 g/mol. The Hall–Kier alpha value is -2.88. The van der Waals surface area contributed by atoms with Gasteiger partial charge >= 0.3 is 11.6 Å². The fourth-order valence-electron chi connectivity index (χ4n) is 3.30. The van der Waals surface area contributed by atoms with Gasteiger partial charge in [0.05, 0.1) is 9.83 Å². The van der Waals surface area contributed by atoms with Crippen molar-refractivity contribution in [2.45, 2.75) is 46.8 Å². The Morgan fingerprint density at radius 2 is 1.77 bits per heavy atom. The molecule has 0 radical (unpaired) electrons. The van der Waals surface area contributed by atoms with E-state index in [1.807, 2.05) is 0 Å². The minimum absolute atomic E-state index is 0.0609. The third-order valence-corrected chi connectivity index (χ3v) is 7.37. The molecule has 2 rings (SSSR count). The van der Waals surface area contributed by atoms with Crippen LogP contribution in [0.15, 0.2) is 46.6 Å². The van der Waals surface area contributed by atoms with Gasteiger partial charge in [-0.3, -0.25) is 19.7 Å². The van der Waals surface area contributed by atoms with Crippen molar-refractivity contribution in [1.82, 2.24) is 4.98 Å². The number of hydrogen-bond acceptors (Lipinski definition) is 7. The largest absolute Gasteiger partial charge is 0.344 e. The molecule has 1 aliphatic heterocycles. The number of carbonyl (C=O) groups excluding carboxylic acids is 2. The van der Waals surface area contributed by atoms with E-state index >= 15 is 0 Å². The highest BCUT2D eigenvalue weighted by atomic mass is 32.2. The molecule has 0 spiro atoms. The molecule has 9 nitrogen and oxygen atoms in total. The van der Waals surface area contributed by atoms with E-state index in [9.17, 15) is 28.1 Å². The molecule has 30 heavy (non-hydrogen) atoms. The second-order valence-electron chi connectivity index (χ2n) is 9.10. The first kappa shape index (κ1) is 23.4. The molecular formula is C20H25N3O6S. The maximum atomic E-state index is 13.2. The van der Waals surface area contributed by atoms with E-state index in [-0.39, 0.29) is 10.7 Å². The minimum Gasteiger partial charge on any atom is -0.301 e. The van der Waals surface area contributed by atoms with Crippen LogP contribution in [0.1, 0.15) is 41.5 Å². The van der Waals surface area contributed by atoms with E-state index in [0.29, 0.717) is 0 Å². The number of ketones is 1. The number of anilines is 1. The van der Waals surface area contributed by atoms with Crippen molar-refractivity contribution in [1.29, 1.82) is 0 Å². The lowest BCUT2D eigenvalue weighted by molar-refractivity contribution is -0.419. The van der Waals surface area contributed by atoms with Crippen molar-refractivity contribution in [3.8, 4) is 0 Å². The third kappa shape index (κ3) is 4.48. The molecule has 1 N–H and O–H groups in total. The second kappa shape index (κ2) is 7.75. The number of rotatable bonds is 3. The summed E-state index contributed by atoms with van der Waals surface area (Å²) >= 11 is 0. The molecule has 2 heterocycles. The van der Waals surface area contributed by atoms with Crippen LogP contribution in [0.25, 0.3) is 0 Å². The summed E-state index contributed by atoms with van der Waals surface area (Å²) in [4.78, 5) is 40.4. The van der Waals surface area contributed by atoms with Gasteiger partial charge < -0.3 is 5.32 Å². The zero-order chi connectivity index (χ0) is 23.1. The van der Waals surface area contributed by atoms with Gasteiger partial charge in [-0.1, -0.05) is 47.6 Å². The first-order chi connectivity index (χ1) is 13.6. The quantitative estimate of drug-likeness (QED) is 0.438. The van der Waals surface area contributed by atoms with E-state index < -0.39 is 53.8 Å². The highest BCUT2D eigenvalue weighted by molar-refractivity contribution is 7.96. The molecule has 0 saturated heterocycles.